The van der Waals surface area contributed by atoms with E-state index in [1.807, 2.05) is 0 Å². The van der Waals surface area contributed by atoms with Gasteiger partial charge in [0.25, 0.3) is 5.91 Å². The minimum atomic E-state index is 0.00949. The van der Waals surface area contributed by atoms with E-state index in [1.165, 1.54) is 12.8 Å². The number of amides is 1. The van der Waals surface area contributed by atoms with Crippen molar-refractivity contribution in [3.63, 3.8) is 0 Å². The maximum absolute atomic E-state index is 12.2. The molecule has 2 aliphatic heterocycles. The number of hydrogen-bond acceptors (Lipinski definition) is 4. The number of hydrogen-bond donors (Lipinski definition) is 1. The molecule has 0 aliphatic carbocycles. The van der Waals surface area contributed by atoms with Crippen molar-refractivity contribution in [3.05, 3.63) is 30.1 Å². The molecule has 2 unspecified atom stereocenters. The third-order valence-electron chi connectivity index (χ3n) is 4.55. The monoisotopic (exact) mass is 303 g/mol. The summed E-state index contributed by atoms with van der Waals surface area (Å²) in [6.07, 6.45) is 7.98. The molecule has 2 fully saturated rings. The van der Waals surface area contributed by atoms with Crippen molar-refractivity contribution < 1.29 is 9.53 Å². The lowest BCUT2D eigenvalue weighted by Gasteiger charge is -2.36. The van der Waals surface area contributed by atoms with Gasteiger partial charge in [-0.25, -0.2) is 0 Å². The third-order valence-corrected chi connectivity index (χ3v) is 4.55. The van der Waals surface area contributed by atoms with Gasteiger partial charge in [0.05, 0.1) is 6.61 Å². The van der Waals surface area contributed by atoms with Crippen molar-refractivity contribution >= 4 is 5.91 Å². The van der Waals surface area contributed by atoms with Crippen LogP contribution in [0.25, 0.3) is 0 Å². The lowest BCUT2D eigenvalue weighted by molar-refractivity contribution is 0.0329. The summed E-state index contributed by atoms with van der Waals surface area (Å²) < 4.78 is 5.57. The molecule has 2 saturated heterocycles. The first-order chi connectivity index (χ1) is 10.8. The van der Waals surface area contributed by atoms with Crippen molar-refractivity contribution in [2.75, 3.05) is 32.8 Å². The van der Waals surface area contributed by atoms with Gasteiger partial charge in [-0.05, 0) is 50.3 Å². The molecule has 0 bridgehead atoms. The molecule has 0 saturated carbocycles. The zero-order chi connectivity index (χ0) is 15.2. The molecule has 3 heterocycles. The highest BCUT2D eigenvalue weighted by Gasteiger charge is 2.24. The number of carbonyl (C=O) groups is 1. The van der Waals surface area contributed by atoms with Gasteiger partial charge in [0, 0.05) is 43.7 Å². The number of rotatable bonds is 4. The predicted molar refractivity (Wildman–Crippen MR) is 84.7 cm³/mol. The van der Waals surface area contributed by atoms with Gasteiger partial charge in [-0.15, -0.1) is 0 Å². The highest BCUT2D eigenvalue weighted by molar-refractivity contribution is 5.94. The van der Waals surface area contributed by atoms with E-state index in [-0.39, 0.29) is 11.9 Å². The van der Waals surface area contributed by atoms with Crippen LogP contribution in [0.15, 0.2) is 24.5 Å². The van der Waals surface area contributed by atoms with Crippen molar-refractivity contribution in [3.8, 4) is 0 Å². The van der Waals surface area contributed by atoms with Crippen LogP contribution < -0.4 is 5.32 Å². The Balaban J connectivity index is 1.49. The van der Waals surface area contributed by atoms with E-state index in [1.54, 1.807) is 24.5 Å². The SMILES string of the molecule is O=C(NC1CCCN(CC2CCCOC2)C1)c1ccncc1. The Labute approximate surface area is 132 Å². The van der Waals surface area contributed by atoms with Crippen LogP contribution in [0.3, 0.4) is 0 Å². The minimum absolute atomic E-state index is 0.00949. The van der Waals surface area contributed by atoms with Crippen LogP contribution in [0.2, 0.25) is 0 Å². The Morgan fingerprint density at radius 1 is 1.32 bits per heavy atom. The van der Waals surface area contributed by atoms with E-state index >= 15 is 0 Å². The molecule has 3 rings (SSSR count). The van der Waals surface area contributed by atoms with E-state index in [0.29, 0.717) is 11.5 Å². The molecule has 5 nitrogen and oxygen atoms in total. The summed E-state index contributed by atoms with van der Waals surface area (Å²) >= 11 is 0. The Hall–Kier alpha value is -1.46. The largest absolute Gasteiger partial charge is 0.381 e. The molecular formula is C17H25N3O2. The molecule has 2 aliphatic rings. The Morgan fingerprint density at radius 3 is 2.95 bits per heavy atom. The normalized spacial score (nSPS) is 26.5. The van der Waals surface area contributed by atoms with Crippen molar-refractivity contribution in [1.29, 1.82) is 0 Å². The summed E-state index contributed by atoms with van der Waals surface area (Å²) in [5, 5.41) is 3.16. The second kappa shape index (κ2) is 7.70. The number of carbonyl (C=O) groups excluding carboxylic acids is 1. The molecule has 0 aromatic carbocycles. The van der Waals surface area contributed by atoms with Crippen molar-refractivity contribution in [2.45, 2.75) is 31.7 Å². The predicted octanol–water partition coefficient (Wildman–Crippen LogP) is 1.70. The number of pyridine rings is 1. The summed E-state index contributed by atoms with van der Waals surface area (Å²) in [6.45, 7) is 5.00. The summed E-state index contributed by atoms with van der Waals surface area (Å²) in [5.74, 6) is 0.665. The standard InChI is InChI=1S/C17H25N3O2/c21-17(15-5-7-18-8-6-15)19-16-4-1-9-20(12-16)11-14-3-2-10-22-13-14/h5-8,14,16H,1-4,9-13H2,(H,19,21). The van der Waals surface area contributed by atoms with E-state index in [2.05, 4.69) is 15.2 Å². The highest BCUT2D eigenvalue weighted by Crippen LogP contribution is 2.18. The Kier molecular flexibility index (Phi) is 5.40. The van der Waals surface area contributed by atoms with Gasteiger partial charge in [0.15, 0.2) is 0 Å². The van der Waals surface area contributed by atoms with Crippen LogP contribution in [0.4, 0.5) is 0 Å². The number of nitrogens with zero attached hydrogens (tertiary/aromatic N) is 2. The number of nitrogens with one attached hydrogen (secondary N) is 1. The van der Waals surface area contributed by atoms with Gasteiger partial charge in [-0.2, -0.15) is 0 Å². The quantitative estimate of drug-likeness (QED) is 0.920. The van der Waals surface area contributed by atoms with E-state index < -0.39 is 0 Å². The number of ether oxygens (including phenoxy) is 1. The Morgan fingerprint density at radius 2 is 2.18 bits per heavy atom. The summed E-state index contributed by atoms with van der Waals surface area (Å²) in [7, 11) is 0. The molecule has 2 atom stereocenters. The van der Waals surface area contributed by atoms with Crippen molar-refractivity contribution in [2.24, 2.45) is 5.92 Å². The molecule has 0 spiro atoms. The fraction of sp³-hybridized carbons (Fsp3) is 0.647. The van der Waals surface area contributed by atoms with Crippen LogP contribution in [0.1, 0.15) is 36.0 Å². The first kappa shape index (κ1) is 15.4. The maximum atomic E-state index is 12.2. The maximum Gasteiger partial charge on any atom is 0.251 e. The molecule has 120 valence electrons. The van der Waals surface area contributed by atoms with Crippen LogP contribution in [-0.4, -0.2) is 54.7 Å². The van der Waals surface area contributed by atoms with Gasteiger partial charge in [-0.3, -0.25) is 9.78 Å². The number of aromatic nitrogens is 1. The molecule has 1 N–H and O–H groups in total. The van der Waals surface area contributed by atoms with Gasteiger partial charge in [0.2, 0.25) is 0 Å². The topological polar surface area (TPSA) is 54.5 Å². The lowest BCUT2D eigenvalue weighted by atomic mass is 9.99. The molecule has 1 amide bonds. The molecule has 22 heavy (non-hydrogen) atoms. The molecule has 5 heteroatoms. The third kappa shape index (κ3) is 4.27. The first-order valence-electron chi connectivity index (χ1n) is 8.32. The fourth-order valence-corrected chi connectivity index (χ4v) is 3.43. The first-order valence-corrected chi connectivity index (χ1v) is 8.32. The second-order valence-corrected chi connectivity index (χ2v) is 6.39. The highest BCUT2D eigenvalue weighted by atomic mass is 16.5. The van der Waals surface area contributed by atoms with E-state index in [9.17, 15) is 4.79 Å². The zero-order valence-electron chi connectivity index (χ0n) is 13.0. The number of likely N-dealkylation sites (tertiary alicyclic amines) is 1. The summed E-state index contributed by atoms with van der Waals surface area (Å²) in [6, 6.07) is 3.77. The van der Waals surface area contributed by atoms with Crippen molar-refractivity contribution in [1.82, 2.24) is 15.2 Å². The minimum Gasteiger partial charge on any atom is -0.381 e. The van der Waals surface area contributed by atoms with Crippen LogP contribution in [-0.2, 0) is 4.74 Å². The van der Waals surface area contributed by atoms with E-state index in [0.717, 1.165) is 45.7 Å². The van der Waals surface area contributed by atoms with E-state index in [4.69, 9.17) is 4.74 Å². The zero-order valence-corrected chi connectivity index (χ0v) is 13.0. The smallest absolute Gasteiger partial charge is 0.251 e. The number of piperidine rings is 1. The Bertz CT molecular complexity index is 474. The molecule has 1 aromatic rings. The average molecular weight is 303 g/mol. The summed E-state index contributed by atoms with van der Waals surface area (Å²) in [4.78, 5) is 18.7. The van der Waals surface area contributed by atoms with Gasteiger partial charge in [-0.1, -0.05) is 0 Å². The van der Waals surface area contributed by atoms with Gasteiger partial charge >= 0.3 is 0 Å². The van der Waals surface area contributed by atoms with Crippen LogP contribution in [0, 0.1) is 5.92 Å². The molecule has 1 aromatic heterocycles. The summed E-state index contributed by atoms with van der Waals surface area (Å²) in [5.41, 5.74) is 0.688. The lowest BCUT2D eigenvalue weighted by Crippen LogP contribution is -2.49. The van der Waals surface area contributed by atoms with Crippen LogP contribution in [0.5, 0.6) is 0 Å². The molecule has 0 radical (unpaired) electrons. The second-order valence-electron chi connectivity index (χ2n) is 6.39. The van der Waals surface area contributed by atoms with Gasteiger partial charge in [0.1, 0.15) is 0 Å². The average Bonchev–Trinajstić information content (AvgIpc) is 2.57. The van der Waals surface area contributed by atoms with Crippen LogP contribution >= 0.6 is 0 Å². The van der Waals surface area contributed by atoms with Gasteiger partial charge < -0.3 is 15.0 Å². The molecular weight excluding hydrogens is 278 g/mol. The fourth-order valence-electron chi connectivity index (χ4n) is 3.43.